The van der Waals surface area contributed by atoms with Crippen molar-refractivity contribution in [3.05, 3.63) is 22.8 Å². The van der Waals surface area contributed by atoms with Crippen LogP contribution in [-0.4, -0.2) is 41.4 Å². The number of aromatic carboxylic acids is 1. The highest BCUT2D eigenvalue weighted by Crippen LogP contribution is 2.17. The molecule has 0 unspecified atom stereocenters. The third-order valence-corrected chi connectivity index (χ3v) is 2.76. The van der Waals surface area contributed by atoms with Crippen LogP contribution in [0.5, 0.6) is 0 Å². The van der Waals surface area contributed by atoms with Gasteiger partial charge in [-0.15, -0.1) is 0 Å². The predicted octanol–water partition coefficient (Wildman–Crippen LogP) is 2.03. The van der Waals surface area contributed by atoms with Crippen molar-refractivity contribution in [3.63, 3.8) is 0 Å². The number of rotatable bonds is 7. The normalized spacial score (nSPS) is 10.4. The Morgan fingerprint density at radius 1 is 1.39 bits per heavy atom. The number of halogens is 1. The smallest absolute Gasteiger partial charge is 0.335 e. The molecular formula is C12H17ClN2O3. The summed E-state index contributed by atoms with van der Waals surface area (Å²) in [5.74, 6) is -0.474. The van der Waals surface area contributed by atoms with Gasteiger partial charge in [0.15, 0.2) is 0 Å². The van der Waals surface area contributed by atoms with Crippen molar-refractivity contribution in [1.29, 1.82) is 0 Å². The molecule has 0 aliphatic rings. The summed E-state index contributed by atoms with van der Waals surface area (Å²) in [6, 6.07) is 2.83. The van der Waals surface area contributed by atoms with Crippen LogP contribution in [0.4, 0.5) is 5.82 Å². The number of carboxylic acids is 1. The number of anilines is 1. The number of pyridine rings is 1. The van der Waals surface area contributed by atoms with Crippen molar-refractivity contribution < 1.29 is 15.0 Å². The van der Waals surface area contributed by atoms with Crippen LogP contribution >= 0.6 is 11.6 Å². The number of carboxylic acid groups (broad SMARTS) is 1. The van der Waals surface area contributed by atoms with Crippen molar-refractivity contribution in [2.24, 2.45) is 0 Å². The zero-order chi connectivity index (χ0) is 13.5. The Kier molecular flexibility index (Phi) is 5.88. The summed E-state index contributed by atoms with van der Waals surface area (Å²) in [6.45, 7) is 0.939. The van der Waals surface area contributed by atoms with Gasteiger partial charge in [0, 0.05) is 20.2 Å². The van der Waals surface area contributed by atoms with E-state index < -0.39 is 5.97 Å². The molecule has 0 aromatic carbocycles. The van der Waals surface area contributed by atoms with E-state index in [-0.39, 0.29) is 17.3 Å². The Bertz CT molecular complexity index is 412. The largest absolute Gasteiger partial charge is 0.478 e. The first kappa shape index (κ1) is 14.7. The monoisotopic (exact) mass is 272 g/mol. The molecule has 1 aromatic heterocycles. The average Bonchev–Trinajstić information content (AvgIpc) is 2.33. The van der Waals surface area contributed by atoms with Gasteiger partial charge in [-0.25, -0.2) is 9.78 Å². The molecule has 1 aromatic rings. The topological polar surface area (TPSA) is 73.7 Å². The number of aliphatic hydroxyl groups is 1. The van der Waals surface area contributed by atoms with Crippen LogP contribution in [0.2, 0.25) is 5.15 Å². The van der Waals surface area contributed by atoms with Gasteiger partial charge in [-0.2, -0.15) is 0 Å². The Hall–Kier alpha value is -1.33. The molecule has 0 atom stereocenters. The Labute approximate surface area is 111 Å². The number of unbranched alkanes of at least 4 members (excludes halogenated alkanes) is 2. The van der Waals surface area contributed by atoms with E-state index in [0.29, 0.717) is 5.82 Å². The first-order valence-corrected chi connectivity index (χ1v) is 6.15. The number of hydrogen-bond acceptors (Lipinski definition) is 4. The van der Waals surface area contributed by atoms with E-state index >= 15 is 0 Å². The first-order valence-electron chi connectivity index (χ1n) is 5.77. The van der Waals surface area contributed by atoms with Crippen LogP contribution in [-0.2, 0) is 0 Å². The number of aliphatic hydroxyl groups excluding tert-OH is 1. The molecule has 0 fully saturated rings. The molecule has 0 saturated heterocycles. The van der Waals surface area contributed by atoms with Gasteiger partial charge >= 0.3 is 5.97 Å². The minimum absolute atomic E-state index is 0.132. The third-order valence-electron chi connectivity index (χ3n) is 2.57. The minimum atomic E-state index is -1.02. The molecule has 0 spiro atoms. The third kappa shape index (κ3) is 4.50. The SMILES string of the molecule is CN(CCCCCO)c1cc(C(=O)O)cc(Cl)n1. The van der Waals surface area contributed by atoms with Crippen molar-refractivity contribution in [3.8, 4) is 0 Å². The zero-order valence-corrected chi connectivity index (χ0v) is 11.0. The second kappa shape index (κ2) is 7.18. The molecule has 0 radical (unpaired) electrons. The van der Waals surface area contributed by atoms with Gasteiger partial charge in [0.2, 0.25) is 0 Å². The Morgan fingerprint density at radius 3 is 2.72 bits per heavy atom. The van der Waals surface area contributed by atoms with Crippen LogP contribution in [0.3, 0.4) is 0 Å². The molecule has 1 rings (SSSR count). The van der Waals surface area contributed by atoms with Gasteiger partial charge in [-0.1, -0.05) is 11.6 Å². The molecule has 0 aliphatic carbocycles. The fourth-order valence-electron chi connectivity index (χ4n) is 1.55. The zero-order valence-electron chi connectivity index (χ0n) is 10.3. The molecule has 5 nitrogen and oxygen atoms in total. The Balaban J connectivity index is 2.67. The van der Waals surface area contributed by atoms with Crippen LogP contribution < -0.4 is 4.90 Å². The molecule has 18 heavy (non-hydrogen) atoms. The van der Waals surface area contributed by atoms with E-state index in [9.17, 15) is 4.79 Å². The quantitative estimate of drug-likeness (QED) is 0.587. The number of nitrogens with zero attached hydrogens (tertiary/aromatic N) is 2. The summed E-state index contributed by atoms with van der Waals surface area (Å²) in [6.07, 6.45) is 2.61. The van der Waals surface area contributed by atoms with E-state index in [1.165, 1.54) is 12.1 Å². The fourth-order valence-corrected chi connectivity index (χ4v) is 1.76. The van der Waals surface area contributed by atoms with Gasteiger partial charge < -0.3 is 15.1 Å². The fraction of sp³-hybridized carbons (Fsp3) is 0.500. The second-order valence-corrected chi connectivity index (χ2v) is 4.43. The van der Waals surface area contributed by atoms with E-state index in [1.54, 1.807) is 0 Å². The molecule has 6 heteroatoms. The Morgan fingerprint density at radius 2 is 2.11 bits per heavy atom. The summed E-state index contributed by atoms with van der Waals surface area (Å²) in [5.41, 5.74) is 0.132. The van der Waals surface area contributed by atoms with Crippen molar-refractivity contribution in [1.82, 2.24) is 4.98 Å². The van der Waals surface area contributed by atoms with Crippen molar-refractivity contribution in [2.45, 2.75) is 19.3 Å². The highest BCUT2D eigenvalue weighted by molar-refractivity contribution is 6.29. The lowest BCUT2D eigenvalue weighted by Crippen LogP contribution is -2.20. The molecule has 2 N–H and O–H groups in total. The number of hydrogen-bond donors (Lipinski definition) is 2. The van der Waals surface area contributed by atoms with Gasteiger partial charge in [0.1, 0.15) is 11.0 Å². The summed E-state index contributed by atoms with van der Waals surface area (Å²) in [5, 5.41) is 17.8. The molecule has 0 saturated carbocycles. The summed E-state index contributed by atoms with van der Waals surface area (Å²) in [7, 11) is 1.84. The van der Waals surface area contributed by atoms with Gasteiger partial charge in [-0.3, -0.25) is 0 Å². The van der Waals surface area contributed by atoms with E-state index in [0.717, 1.165) is 25.8 Å². The van der Waals surface area contributed by atoms with E-state index in [4.69, 9.17) is 21.8 Å². The highest BCUT2D eigenvalue weighted by atomic mass is 35.5. The average molecular weight is 273 g/mol. The maximum atomic E-state index is 10.9. The second-order valence-electron chi connectivity index (χ2n) is 4.05. The van der Waals surface area contributed by atoms with Crippen LogP contribution in [0, 0.1) is 0 Å². The lowest BCUT2D eigenvalue weighted by atomic mass is 10.2. The molecule has 0 amide bonds. The standard InChI is InChI=1S/C12H17ClN2O3/c1-15(5-3-2-4-6-16)11-8-9(12(17)18)7-10(13)14-11/h7-8,16H,2-6H2,1H3,(H,17,18). The molecule has 100 valence electrons. The van der Waals surface area contributed by atoms with E-state index in [2.05, 4.69) is 4.98 Å². The molecular weight excluding hydrogens is 256 g/mol. The molecule has 1 heterocycles. The lowest BCUT2D eigenvalue weighted by molar-refractivity contribution is 0.0697. The number of aromatic nitrogens is 1. The maximum absolute atomic E-state index is 10.9. The van der Waals surface area contributed by atoms with Crippen molar-refractivity contribution >= 4 is 23.4 Å². The van der Waals surface area contributed by atoms with Crippen molar-refractivity contribution in [2.75, 3.05) is 25.1 Å². The van der Waals surface area contributed by atoms with Crippen LogP contribution in [0.1, 0.15) is 29.6 Å². The summed E-state index contributed by atoms with van der Waals surface area (Å²) >= 11 is 5.79. The van der Waals surface area contributed by atoms with E-state index in [1.807, 2.05) is 11.9 Å². The molecule has 0 aliphatic heterocycles. The number of carbonyl (C=O) groups is 1. The van der Waals surface area contributed by atoms with Gasteiger partial charge in [0.25, 0.3) is 0 Å². The summed E-state index contributed by atoms with van der Waals surface area (Å²) < 4.78 is 0. The minimum Gasteiger partial charge on any atom is -0.478 e. The van der Waals surface area contributed by atoms with Crippen LogP contribution in [0.15, 0.2) is 12.1 Å². The summed E-state index contributed by atoms with van der Waals surface area (Å²) in [4.78, 5) is 16.8. The maximum Gasteiger partial charge on any atom is 0.335 e. The molecule has 0 bridgehead atoms. The first-order chi connectivity index (χ1) is 8.54. The van der Waals surface area contributed by atoms with Gasteiger partial charge in [0.05, 0.1) is 5.56 Å². The predicted molar refractivity (Wildman–Crippen MR) is 70.4 cm³/mol. The highest BCUT2D eigenvalue weighted by Gasteiger charge is 2.10. The van der Waals surface area contributed by atoms with Gasteiger partial charge in [-0.05, 0) is 31.4 Å². The van der Waals surface area contributed by atoms with Crippen LogP contribution in [0.25, 0.3) is 0 Å². The lowest BCUT2D eigenvalue weighted by Gasteiger charge is -2.18.